The molecule has 0 aromatic heterocycles. The van der Waals surface area contributed by atoms with Gasteiger partial charge in [-0.15, -0.1) is 0 Å². The van der Waals surface area contributed by atoms with Crippen LogP contribution in [0, 0.1) is 11.7 Å². The number of ether oxygens (including phenoxy) is 1. The maximum absolute atomic E-state index is 12.8. The van der Waals surface area contributed by atoms with Crippen molar-refractivity contribution in [3.8, 4) is 5.75 Å². The minimum atomic E-state index is -0.225. The number of nitrogens with one attached hydrogen (secondary N) is 1. The summed E-state index contributed by atoms with van der Waals surface area (Å²) in [6, 6.07) is 14.4. The van der Waals surface area contributed by atoms with Gasteiger partial charge >= 0.3 is 0 Å². The normalized spacial score (nSPS) is 10.9. The predicted octanol–water partition coefficient (Wildman–Crippen LogP) is 4.15. The van der Waals surface area contributed by atoms with Crippen LogP contribution in [0.5, 0.6) is 5.75 Å². The minimum absolute atomic E-state index is 0.225. The van der Waals surface area contributed by atoms with E-state index in [2.05, 4.69) is 25.2 Å². The van der Waals surface area contributed by atoms with Gasteiger partial charge in [0.2, 0.25) is 0 Å². The van der Waals surface area contributed by atoms with Crippen molar-refractivity contribution in [3.63, 3.8) is 0 Å². The molecule has 2 nitrogen and oxygen atoms in total. The predicted molar refractivity (Wildman–Crippen MR) is 83.7 cm³/mol. The summed E-state index contributed by atoms with van der Waals surface area (Å²) in [5.74, 6) is 1.25. The molecule has 0 aliphatic rings. The van der Waals surface area contributed by atoms with E-state index in [1.54, 1.807) is 12.1 Å². The molecule has 0 saturated carbocycles. The summed E-state index contributed by atoms with van der Waals surface area (Å²) < 4.78 is 18.6. The summed E-state index contributed by atoms with van der Waals surface area (Å²) in [6.07, 6.45) is 0. The molecule has 0 aliphatic carbocycles. The molecular weight excluding hydrogens is 265 g/mol. The minimum Gasteiger partial charge on any atom is -0.489 e. The van der Waals surface area contributed by atoms with Crippen LogP contribution in [0.25, 0.3) is 0 Å². The Hall–Kier alpha value is -1.87. The Labute approximate surface area is 126 Å². The van der Waals surface area contributed by atoms with Gasteiger partial charge in [0, 0.05) is 6.54 Å². The average molecular weight is 287 g/mol. The first kappa shape index (κ1) is 15.5. The third kappa shape index (κ3) is 5.56. The second kappa shape index (κ2) is 7.79. The maximum Gasteiger partial charge on any atom is 0.123 e. The van der Waals surface area contributed by atoms with Crippen LogP contribution in [0.15, 0.2) is 48.5 Å². The highest BCUT2D eigenvalue weighted by atomic mass is 19.1. The summed E-state index contributed by atoms with van der Waals surface area (Å²) >= 11 is 0. The first-order valence-electron chi connectivity index (χ1n) is 7.30. The lowest BCUT2D eigenvalue weighted by Gasteiger charge is -2.10. The highest BCUT2D eigenvalue weighted by molar-refractivity contribution is 5.29. The van der Waals surface area contributed by atoms with Crippen LogP contribution >= 0.6 is 0 Å². The van der Waals surface area contributed by atoms with Crippen molar-refractivity contribution < 1.29 is 9.13 Å². The van der Waals surface area contributed by atoms with Gasteiger partial charge in [-0.1, -0.05) is 38.1 Å². The molecule has 0 radical (unpaired) electrons. The van der Waals surface area contributed by atoms with Gasteiger partial charge in [-0.25, -0.2) is 4.39 Å². The molecule has 0 atom stereocenters. The summed E-state index contributed by atoms with van der Waals surface area (Å²) in [5, 5.41) is 3.41. The molecule has 112 valence electrons. The third-order valence-electron chi connectivity index (χ3n) is 3.10. The first-order chi connectivity index (χ1) is 10.1. The standard InChI is InChI=1S/C18H22FNO/c1-14(2)11-20-12-16-4-3-5-18(10-16)21-13-15-6-8-17(19)9-7-15/h3-10,14,20H,11-13H2,1-2H3. The zero-order valence-corrected chi connectivity index (χ0v) is 12.6. The number of rotatable bonds is 7. The Balaban J connectivity index is 1.87. The zero-order valence-electron chi connectivity index (χ0n) is 12.6. The van der Waals surface area contributed by atoms with Crippen LogP contribution in [-0.2, 0) is 13.2 Å². The number of halogens is 1. The number of hydrogen-bond acceptors (Lipinski definition) is 2. The lowest BCUT2D eigenvalue weighted by Crippen LogP contribution is -2.18. The molecule has 1 N–H and O–H groups in total. The molecule has 2 aromatic rings. The number of benzene rings is 2. The summed E-state index contributed by atoms with van der Waals surface area (Å²) in [6.45, 7) is 6.67. The SMILES string of the molecule is CC(C)CNCc1cccc(OCc2ccc(F)cc2)c1. The number of hydrogen-bond donors (Lipinski definition) is 1. The van der Waals surface area contributed by atoms with Gasteiger partial charge in [0.05, 0.1) is 0 Å². The Morgan fingerprint density at radius 2 is 1.81 bits per heavy atom. The highest BCUT2D eigenvalue weighted by Gasteiger charge is 2.00. The largest absolute Gasteiger partial charge is 0.489 e. The zero-order chi connectivity index (χ0) is 15.1. The molecule has 0 heterocycles. The lowest BCUT2D eigenvalue weighted by atomic mass is 10.2. The monoisotopic (exact) mass is 287 g/mol. The van der Waals surface area contributed by atoms with E-state index in [1.807, 2.05) is 18.2 Å². The van der Waals surface area contributed by atoms with Crippen LogP contribution in [0.3, 0.4) is 0 Å². The average Bonchev–Trinajstić information content (AvgIpc) is 2.47. The van der Waals surface area contributed by atoms with Crippen molar-refractivity contribution in [2.45, 2.75) is 27.0 Å². The van der Waals surface area contributed by atoms with E-state index < -0.39 is 0 Å². The summed E-state index contributed by atoms with van der Waals surface area (Å²) in [5.41, 5.74) is 2.16. The van der Waals surface area contributed by atoms with Gasteiger partial charge in [-0.3, -0.25) is 0 Å². The highest BCUT2D eigenvalue weighted by Crippen LogP contribution is 2.15. The van der Waals surface area contributed by atoms with Crippen LogP contribution in [0.1, 0.15) is 25.0 Å². The van der Waals surface area contributed by atoms with Crippen LogP contribution in [0.2, 0.25) is 0 Å². The van der Waals surface area contributed by atoms with Gasteiger partial charge in [0.15, 0.2) is 0 Å². The second-order valence-electron chi connectivity index (χ2n) is 5.59. The van der Waals surface area contributed by atoms with Crippen molar-refractivity contribution in [1.29, 1.82) is 0 Å². The first-order valence-corrected chi connectivity index (χ1v) is 7.30. The van der Waals surface area contributed by atoms with Crippen molar-refractivity contribution in [1.82, 2.24) is 5.32 Å². The van der Waals surface area contributed by atoms with Crippen molar-refractivity contribution >= 4 is 0 Å². The molecule has 0 saturated heterocycles. The van der Waals surface area contributed by atoms with E-state index in [4.69, 9.17) is 4.74 Å². The van der Waals surface area contributed by atoms with Gasteiger partial charge in [-0.05, 0) is 47.9 Å². The maximum atomic E-state index is 12.8. The van der Waals surface area contributed by atoms with Crippen LogP contribution in [0.4, 0.5) is 4.39 Å². The quantitative estimate of drug-likeness (QED) is 0.826. The van der Waals surface area contributed by atoms with Crippen LogP contribution < -0.4 is 10.1 Å². The Morgan fingerprint density at radius 1 is 1.05 bits per heavy atom. The smallest absolute Gasteiger partial charge is 0.123 e. The van der Waals surface area contributed by atoms with Gasteiger partial charge < -0.3 is 10.1 Å². The second-order valence-corrected chi connectivity index (χ2v) is 5.59. The Kier molecular flexibility index (Phi) is 5.76. The molecule has 0 bridgehead atoms. The van der Waals surface area contributed by atoms with E-state index in [9.17, 15) is 4.39 Å². The molecule has 21 heavy (non-hydrogen) atoms. The molecule has 2 rings (SSSR count). The fraction of sp³-hybridized carbons (Fsp3) is 0.333. The topological polar surface area (TPSA) is 21.3 Å². The molecule has 2 aromatic carbocycles. The van der Waals surface area contributed by atoms with Crippen molar-refractivity contribution in [2.24, 2.45) is 5.92 Å². The summed E-state index contributed by atoms with van der Waals surface area (Å²) in [7, 11) is 0. The molecule has 0 aliphatic heterocycles. The Morgan fingerprint density at radius 3 is 2.52 bits per heavy atom. The van der Waals surface area contributed by atoms with Gasteiger partial charge in [0.1, 0.15) is 18.2 Å². The van der Waals surface area contributed by atoms with E-state index in [1.165, 1.54) is 17.7 Å². The fourth-order valence-corrected chi connectivity index (χ4v) is 2.00. The molecule has 0 amide bonds. The molecule has 3 heteroatoms. The molecular formula is C18H22FNO. The van der Waals surface area contributed by atoms with Crippen molar-refractivity contribution in [2.75, 3.05) is 6.54 Å². The van der Waals surface area contributed by atoms with Gasteiger partial charge in [-0.2, -0.15) is 0 Å². The summed E-state index contributed by atoms with van der Waals surface area (Å²) in [4.78, 5) is 0. The third-order valence-corrected chi connectivity index (χ3v) is 3.10. The molecule has 0 unspecified atom stereocenters. The fourth-order valence-electron chi connectivity index (χ4n) is 2.00. The molecule has 0 fully saturated rings. The lowest BCUT2D eigenvalue weighted by molar-refractivity contribution is 0.305. The molecule has 0 spiro atoms. The van der Waals surface area contributed by atoms with Gasteiger partial charge in [0.25, 0.3) is 0 Å². The van der Waals surface area contributed by atoms with Crippen LogP contribution in [-0.4, -0.2) is 6.54 Å². The van der Waals surface area contributed by atoms with E-state index in [-0.39, 0.29) is 5.82 Å². The van der Waals surface area contributed by atoms with E-state index in [0.29, 0.717) is 12.5 Å². The van der Waals surface area contributed by atoms with E-state index in [0.717, 1.165) is 24.4 Å². The van der Waals surface area contributed by atoms with Crippen molar-refractivity contribution in [3.05, 3.63) is 65.5 Å². The Bertz CT molecular complexity index is 551. The van der Waals surface area contributed by atoms with E-state index >= 15 is 0 Å².